The summed E-state index contributed by atoms with van der Waals surface area (Å²) in [5.41, 5.74) is 0.313. The van der Waals surface area contributed by atoms with Crippen molar-refractivity contribution in [2.24, 2.45) is 5.92 Å². The highest BCUT2D eigenvalue weighted by Crippen LogP contribution is 2.17. The monoisotopic (exact) mass is 252 g/mol. The molecule has 0 saturated heterocycles. The number of carboxylic acids is 3. The molecule has 0 bridgehead atoms. The van der Waals surface area contributed by atoms with Crippen LogP contribution in [0, 0.1) is 5.92 Å². The number of rotatable bonds is 6. The van der Waals surface area contributed by atoms with Gasteiger partial charge in [-0.15, -0.1) is 0 Å². The van der Waals surface area contributed by atoms with E-state index in [9.17, 15) is 14.4 Å². The normalized spacial score (nSPS) is 11.8. The molecule has 0 spiro atoms. The Kier molecular flexibility index (Phi) is 4.42. The van der Waals surface area contributed by atoms with Crippen molar-refractivity contribution in [3.8, 4) is 0 Å². The van der Waals surface area contributed by atoms with E-state index in [1.807, 2.05) is 0 Å². The Balaban J connectivity index is 2.97. The second kappa shape index (κ2) is 5.81. The molecule has 1 aromatic carbocycles. The Morgan fingerprint density at radius 1 is 1.06 bits per heavy atom. The molecule has 3 N–H and O–H groups in total. The maximum absolute atomic E-state index is 10.9. The maximum Gasteiger partial charge on any atom is 0.335 e. The van der Waals surface area contributed by atoms with Gasteiger partial charge in [0.2, 0.25) is 0 Å². The average molecular weight is 252 g/mol. The van der Waals surface area contributed by atoms with Crippen molar-refractivity contribution in [2.45, 2.75) is 12.8 Å². The van der Waals surface area contributed by atoms with Crippen molar-refractivity contribution in [1.82, 2.24) is 0 Å². The Morgan fingerprint density at radius 2 is 1.67 bits per heavy atom. The van der Waals surface area contributed by atoms with Crippen LogP contribution in [0.15, 0.2) is 24.3 Å². The SMILES string of the molecule is O=C(O)CC(Cc1ccccc1C(=O)O)C(=O)O. The minimum Gasteiger partial charge on any atom is -0.481 e. The molecular formula is C12H12O6. The van der Waals surface area contributed by atoms with Crippen LogP contribution >= 0.6 is 0 Å². The maximum atomic E-state index is 10.9. The Morgan fingerprint density at radius 3 is 2.17 bits per heavy atom. The highest BCUT2D eigenvalue weighted by Gasteiger charge is 2.23. The number of aromatic carboxylic acids is 1. The van der Waals surface area contributed by atoms with Gasteiger partial charge in [0.1, 0.15) is 0 Å². The largest absolute Gasteiger partial charge is 0.481 e. The second-order valence-electron chi connectivity index (χ2n) is 3.80. The highest BCUT2D eigenvalue weighted by molar-refractivity contribution is 5.89. The summed E-state index contributed by atoms with van der Waals surface area (Å²) in [6.07, 6.45) is -0.659. The van der Waals surface area contributed by atoms with Crippen LogP contribution in [0.1, 0.15) is 22.3 Å². The van der Waals surface area contributed by atoms with E-state index in [2.05, 4.69) is 0 Å². The van der Waals surface area contributed by atoms with Crippen LogP contribution in [0.25, 0.3) is 0 Å². The molecule has 96 valence electrons. The quantitative estimate of drug-likeness (QED) is 0.699. The molecule has 1 atom stereocenters. The van der Waals surface area contributed by atoms with Gasteiger partial charge in [-0.2, -0.15) is 0 Å². The third-order valence-electron chi connectivity index (χ3n) is 2.48. The van der Waals surface area contributed by atoms with Gasteiger partial charge >= 0.3 is 17.9 Å². The van der Waals surface area contributed by atoms with Gasteiger partial charge in [-0.25, -0.2) is 4.79 Å². The fourth-order valence-corrected chi connectivity index (χ4v) is 1.63. The summed E-state index contributed by atoms with van der Waals surface area (Å²) in [5, 5.41) is 26.4. The van der Waals surface area contributed by atoms with E-state index in [1.54, 1.807) is 6.07 Å². The third kappa shape index (κ3) is 3.58. The van der Waals surface area contributed by atoms with Gasteiger partial charge in [-0.1, -0.05) is 18.2 Å². The summed E-state index contributed by atoms with van der Waals surface area (Å²) in [6, 6.07) is 5.96. The number of hydrogen-bond acceptors (Lipinski definition) is 3. The number of hydrogen-bond donors (Lipinski definition) is 3. The zero-order valence-corrected chi connectivity index (χ0v) is 9.37. The van der Waals surface area contributed by atoms with Gasteiger partial charge in [0.05, 0.1) is 17.9 Å². The fourth-order valence-electron chi connectivity index (χ4n) is 1.63. The number of carbonyl (C=O) groups is 3. The number of aliphatic carboxylic acids is 2. The van der Waals surface area contributed by atoms with Crippen molar-refractivity contribution >= 4 is 17.9 Å². The summed E-state index contributed by atoms with van der Waals surface area (Å²) in [7, 11) is 0. The average Bonchev–Trinajstić information content (AvgIpc) is 2.27. The van der Waals surface area contributed by atoms with E-state index in [0.29, 0.717) is 5.56 Å². The van der Waals surface area contributed by atoms with Crippen LogP contribution < -0.4 is 0 Å². The lowest BCUT2D eigenvalue weighted by molar-refractivity contribution is -0.148. The zero-order chi connectivity index (χ0) is 13.7. The molecule has 0 heterocycles. The fraction of sp³-hybridized carbons (Fsp3) is 0.250. The summed E-state index contributed by atoms with van der Waals surface area (Å²) < 4.78 is 0. The predicted molar refractivity (Wildman–Crippen MR) is 60.5 cm³/mol. The first kappa shape index (κ1) is 13.7. The highest BCUT2D eigenvalue weighted by atomic mass is 16.4. The van der Waals surface area contributed by atoms with Crippen LogP contribution in [0.4, 0.5) is 0 Å². The summed E-state index contributed by atoms with van der Waals surface area (Å²) in [5.74, 6) is -4.78. The molecule has 0 aliphatic rings. The van der Waals surface area contributed by atoms with Gasteiger partial charge in [-0.3, -0.25) is 9.59 Å². The molecule has 18 heavy (non-hydrogen) atoms. The first-order chi connectivity index (χ1) is 8.41. The minimum atomic E-state index is -1.25. The topological polar surface area (TPSA) is 112 Å². The Bertz CT molecular complexity index is 479. The standard InChI is InChI=1S/C12H12O6/c13-10(14)6-8(11(15)16)5-7-3-1-2-4-9(7)12(17)18/h1-4,8H,5-6H2,(H,13,14)(H,15,16)(H,17,18). The van der Waals surface area contributed by atoms with Gasteiger partial charge in [-0.05, 0) is 18.1 Å². The van der Waals surface area contributed by atoms with E-state index in [0.717, 1.165) is 0 Å². The first-order valence-corrected chi connectivity index (χ1v) is 5.17. The molecule has 0 radical (unpaired) electrons. The van der Waals surface area contributed by atoms with Gasteiger partial charge in [0.15, 0.2) is 0 Å². The second-order valence-corrected chi connectivity index (χ2v) is 3.80. The van der Waals surface area contributed by atoms with Gasteiger partial charge in [0.25, 0.3) is 0 Å². The van der Waals surface area contributed by atoms with Crippen LogP contribution in [-0.4, -0.2) is 33.2 Å². The molecule has 1 unspecified atom stereocenters. The lowest BCUT2D eigenvalue weighted by Crippen LogP contribution is -2.21. The summed E-state index contributed by atoms with van der Waals surface area (Å²) in [4.78, 5) is 32.4. The number of carboxylic acid groups (broad SMARTS) is 3. The molecule has 1 rings (SSSR count). The Labute approximate surface area is 102 Å². The third-order valence-corrected chi connectivity index (χ3v) is 2.48. The molecule has 0 saturated carbocycles. The molecular weight excluding hydrogens is 240 g/mol. The van der Waals surface area contributed by atoms with Crippen LogP contribution in [0.3, 0.4) is 0 Å². The van der Waals surface area contributed by atoms with Crippen molar-refractivity contribution in [3.63, 3.8) is 0 Å². The van der Waals surface area contributed by atoms with Crippen molar-refractivity contribution in [3.05, 3.63) is 35.4 Å². The molecule has 0 aromatic heterocycles. The summed E-state index contributed by atoms with van der Waals surface area (Å²) >= 11 is 0. The van der Waals surface area contributed by atoms with Gasteiger partial charge < -0.3 is 15.3 Å². The lowest BCUT2D eigenvalue weighted by Gasteiger charge is -2.11. The summed E-state index contributed by atoms with van der Waals surface area (Å²) in [6.45, 7) is 0. The predicted octanol–water partition coefficient (Wildman–Crippen LogP) is 1.10. The molecule has 0 aliphatic carbocycles. The smallest absolute Gasteiger partial charge is 0.335 e. The Hall–Kier alpha value is -2.37. The van der Waals surface area contributed by atoms with Crippen molar-refractivity contribution < 1.29 is 29.7 Å². The van der Waals surface area contributed by atoms with E-state index < -0.39 is 30.2 Å². The molecule has 0 aliphatic heterocycles. The molecule has 1 aromatic rings. The van der Waals surface area contributed by atoms with E-state index in [-0.39, 0.29) is 12.0 Å². The van der Waals surface area contributed by atoms with E-state index >= 15 is 0 Å². The van der Waals surface area contributed by atoms with Crippen LogP contribution in [-0.2, 0) is 16.0 Å². The number of benzene rings is 1. The first-order valence-electron chi connectivity index (χ1n) is 5.17. The lowest BCUT2D eigenvalue weighted by atomic mass is 9.93. The zero-order valence-electron chi connectivity index (χ0n) is 9.37. The minimum absolute atomic E-state index is 0.00543. The van der Waals surface area contributed by atoms with E-state index in [4.69, 9.17) is 15.3 Å². The molecule has 0 fully saturated rings. The van der Waals surface area contributed by atoms with Crippen molar-refractivity contribution in [2.75, 3.05) is 0 Å². The van der Waals surface area contributed by atoms with Crippen molar-refractivity contribution in [1.29, 1.82) is 0 Å². The molecule has 6 nitrogen and oxygen atoms in total. The van der Waals surface area contributed by atoms with Crippen LogP contribution in [0.5, 0.6) is 0 Å². The molecule has 0 amide bonds. The van der Waals surface area contributed by atoms with Gasteiger partial charge in [0, 0.05) is 0 Å². The van der Waals surface area contributed by atoms with Crippen LogP contribution in [0.2, 0.25) is 0 Å². The van der Waals surface area contributed by atoms with E-state index in [1.165, 1.54) is 18.2 Å². The molecule has 6 heteroatoms.